The van der Waals surface area contributed by atoms with E-state index in [1.807, 2.05) is 36.4 Å². The molecule has 12 heteroatoms. The highest BCUT2D eigenvalue weighted by Gasteiger charge is 2.70. The molecule has 0 radical (unpaired) electrons. The van der Waals surface area contributed by atoms with Crippen molar-refractivity contribution in [2.24, 2.45) is 22.7 Å². The number of hydrogen-bond acceptors (Lipinski definition) is 12. The fraction of sp³-hybridized carbons (Fsp3) is 0.353. The van der Waals surface area contributed by atoms with Crippen molar-refractivity contribution >= 4 is 0 Å². The van der Waals surface area contributed by atoms with Crippen molar-refractivity contribution in [3.63, 3.8) is 0 Å². The summed E-state index contributed by atoms with van der Waals surface area (Å²) in [6.07, 6.45) is 9.30. The van der Waals surface area contributed by atoms with Crippen LogP contribution in [0.25, 0.3) is 0 Å². The zero-order chi connectivity index (χ0) is 55.1. The molecule has 0 atom stereocenters. The van der Waals surface area contributed by atoms with Crippen LogP contribution in [0.1, 0.15) is 55.6 Å². The maximum Gasteiger partial charge on any atom is 0.122 e. The topological polar surface area (TPSA) is 111 Å². The summed E-state index contributed by atoms with van der Waals surface area (Å²) in [5, 5.41) is 0. The van der Waals surface area contributed by atoms with E-state index in [-0.39, 0.29) is 39.6 Å². The highest BCUT2D eigenvalue weighted by atomic mass is 16.5. The summed E-state index contributed by atoms with van der Waals surface area (Å²) in [5.74, 6) is 5.02. The van der Waals surface area contributed by atoms with Crippen LogP contribution < -0.4 is 18.9 Å². The average molecular weight is 1080 g/mol. The monoisotopic (exact) mass is 1080 g/mol. The number of rotatable bonds is 16. The maximum atomic E-state index is 7.83. The van der Waals surface area contributed by atoms with E-state index in [2.05, 4.69) is 121 Å². The van der Waals surface area contributed by atoms with Gasteiger partial charge in [-0.15, -0.1) is 0 Å². The Hall–Kier alpha value is -7.48. The molecule has 1 aliphatic heterocycles. The van der Waals surface area contributed by atoms with E-state index in [0.717, 1.165) is 78.7 Å². The molecule has 0 aromatic heterocycles. The van der Waals surface area contributed by atoms with Crippen LogP contribution in [0.2, 0.25) is 0 Å². The molecule has 80 heavy (non-hydrogen) atoms. The third-order valence-electron chi connectivity index (χ3n) is 19.1. The van der Waals surface area contributed by atoms with Crippen molar-refractivity contribution in [1.29, 1.82) is 0 Å². The largest absolute Gasteiger partial charge is 0.501 e. The van der Waals surface area contributed by atoms with E-state index in [9.17, 15) is 0 Å². The Morgan fingerprint density at radius 2 is 0.625 bits per heavy atom. The van der Waals surface area contributed by atoms with Gasteiger partial charge in [-0.2, -0.15) is 0 Å². The molecule has 0 amide bonds. The van der Waals surface area contributed by atoms with Crippen molar-refractivity contribution in [3.05, 3.63) is 236 Å². The first-order valence-electron chi connectivity index (χ1n) is 27.4. The van der Waals surface area contributed by atoms with Crippen molar-refractivity contribution in [2.45, 2.75) is 34.9 Å². The molecule has 1 saturated heterocycles. The Morgan fingerprint density at radius 1 is 0.350 bits per heavy atom. The molecule has 12 nitrogen and oxygen atoms in total. The summed E-state index contributed by atoms with van der Waals surface area (Å²) in [5.41, 5.74) is 5.57. The fourth-order valence-electron chi connectivity index (χ4n) is 15.8. The Bertz CT molecular complexity index is 3120. The number of benzene rings is 6. The first-order valence-corrected chi connectivity index (χ1v) is 27.4. The van der Waals surface area contributed by atoms with Crippen molar-refractivity contribution in [1.82, 2.24) is 0 Å². The third-order valence-corrected chi connectivity index (χ3v) is 19.1. The lowest BCUT2D eigenvalue weighted by Gasteiger charge is -2.64. The van der Waals surface area contributed by atoms with Crippen molar-refractivity contribution < 1.29 is 56.8 Å². The molecule has 1 heterocycles. The average Bonchev–Trinajstić information content (AvgIpc) is 3.25. The van der Waals surface area contributed by atoms with Gasteiger partial charge in [0.05, 0.1) is 154 Å². The van der Waals surface area contributed by atoms with Crippen molar-refractivity contribution in [2.75, 3.05) is 96.5 Å². The van der Waals surface area contributed by atoms with Crippen LogP contribution in [-0.2, 0) is 72.8 Å². The summed E-state index contributed by atoms with van der Waals surface area (Å²) >= 11 is 0. The quantitative estimate of drug-likeness (QED) is 0.0920. The van der Waals surface area contributed by atoms with E-state index >= 15 is 0 Å². The minimum Gasteiger partial charge on any atom is -0.501 e. The SMILES string of the molecule is COC1=CC23C=C(OC)C1C1(COCc4cc(OC)cc(OC)c4)c4ccccc4C2(COCC24C=C(OC)C(C(OC)=C2)C2(COCc5cc(OC)cc(OC)c5)c5ccccc5C4(COC3)c3ccccc32)c2ccccc21. The van der Waals surface area contributed by atoms with Gasteiger partial charge in [0.1, 0.15) is 46.0 Å². The normalized spacial score (nSPS) is 28.9. The summed E-state index contributed by atoms with van der Waals surface area (Å²) in [6, 6.07) is 47.1. The van der Waals surface area contributed by atoms with Gasteiger partial charge in [-0.1, -0.05) is 97.1 Å². The molecule has 6 aromatic carbocycles. The summed E-state index contributed by atoms with van der Waals surface area (Å²) in [7, 11) is 13.7. The molecular formula is C68H68O12. The Balaban J connectivity index is 0.991. The Labute approximate surface area is 468 Å². The molecule has 19 rings (SSSR count). The first-order chi connectivity index (χ1) is 39.1. The van der Waals surface area contributed by atoms with Gasteiger partial charge in [0.15, 0.2) is 0 Å². The lowest BCUT2D eigenvalue weighted by molar-refractivity contribution is -0.0734. The first kappa shape index (κ1) is 51.9. The molecule has 13 aliphatic rings. The van der Waals surface area contributed by atoms with Gasteiger partial charge in [0.25, 0.3) is 0 Å². The van der Waals surface area contributed by atoms with Gasteiger partial charge in [0.2, 0.25) is 0 Å². The smallest absolute Gasteiger partial charge is 0.122 e. The van der Waals surface area contributed by atoms with E-state index in [0.29, 0.717) is 36.2 Å². The highest BCUT2D eigenvalue weighted by Crippen LogP contribution is 2.70. The summed E-state index contributed by atoms with van der Waals surface area (Å²) < 4.78 is 79.4. The Kier molecular flexibility index (Phi) is 12.8. The lowest BCUT2D eigenvalue weighted by Crippen LogP contribution is -2.65. The second-order valence-corrected chi connectivity index (χ2v) is 22.3. The van der Waals surface area contributed by atoms with Gasteiger partial charge < -0.3 is 56.8 Å². The summed E-state index contributed by atoms with van der Waals surface area (Å²) in [6.45, 7) is 2.14. The van der Waals surface area contributed by atoms with E-state index < -0.39 is 44.3 Å². The highest BCUT2D eigenvalue weighted by molar-refractivity contribution is 5.70. The number of hydrogen-bond donors (Lipinski definition) is 0. The molecule has 4 spiro atoms. The van der Waals surface area contributed by atoms with Crippen LogP contribution in [0.4, 0.5) is 0 Å². The summed E-state index contributed by atoms with van der Waals surface area (Å²) in [4.78, 5) is 0. The van der Waals surface area contributed by atoms with E-state index in [1.54, 1.807) is 56.9 Å². The predicted octanol–water partition coefficient (Wildman–Crippen LogP) is 11.1. The van der Waals surface area contributed by atoms with Crippen LogP contribution in [0.15, 0.2) is 181 Å². The van der Waals surface area contributed by atoms with Crippen LogP contribution in [-0.4, -0.2) is 96.5 Å². The Morgan fingerprint density at radius 3 is 0.887 bits per heavy atom. The van der Waals surface area contributed by atoms with Crippen molar-refractivity contribution in [3.8, 4) is 23.0 Å². The van der Waals surface area contributed by atoms with Gasteiger partial charge in [-0.25, -0.2) is 0 Å². The number of ether oxygens (including phenoxy) is 12. The minimum atomic E-state index is -0.924. The molecule has 8 bridgehead atoms. The molecule has 412 valence electrons. The van der Waals surface area contributed by atoms with Gasteiger partial charge in [-0.05, 0) is 104 Å². The lowest BCUT2D eigenvalue weighted by atomic mass is 9.42. The van der Waals surface area contributed by atoms with Gasteiger partial charge >= 0.3 is 0 Å². The van der Waals surface area contributed by atoms with E-state index in [1.165, 1.54) is 0 Å². The molecule has 0 saturated carbocycles. The van der Waals surface area contributed by atoms with Crippen LogP contribution in [0.5, 0.6) is 23.0 Å². The maximum absolute atomic E-state index is 7.83. The fourth-order valence-corrected chi connectivity index (χ4v) is 15.8. The molecule has 12 aliphatic carbocycles. The van der Waals surface area contributed by atoms with Crippen LogP contribution in [0, 0.1) is 22.7 Å². The van der Waals surface area contributed by atoms with Crippen LogP contribution in [0.3, 0.4) is 0 Å². The zero-order valence-corrected chi connectivity index (χ0v) is 46.7. The van der Waals surface area contributed by atoms with Crippen LogP contribution >= 0.6 is 0 Å². The molecule has 1 fully saturated rings. The standard InChI is InChI=1S/C68H68O12/c1-69-45-25-43(26-46(29-45)70-2)35-77-39-65-49-17-9-13-21-53(49)67(54-22-14-10-18-50(54)65)41-79-38-64-33-59(75-7)62(60(34-64)76-8)66(40-78-36-44-27-47(71-3)30-48(28-44)72-4)51-19-11-15-23-55(51)68(64,56-24-16-12-20-52(56)66)42-80-37-63(67)31-57(73-5)61(65)58(32-63)74-6/h9-34,61-62H,35-42H2,1-8H3. The third kappa shape index (κ3) is 7.01. The van der Waals surface area contributed by atoms with Gasteiger partial charge in [0, 0.05) is 12.1 Å². The second kappa shape index (κ2) is 19.7. The minimum absolute atomic E-state index is 0.234. The second-order valence-electron chi connectivity index (χ2n) is 22.3. The molecule has 0 N–H and O–H groups in total. The predicted molar refractivity (Wildman–Crippen MR) is 301 cm³/mol. The van der Waals surface area contributed by atoms with Gasteiger partial charge in [-0.3, -0.25) is 0 Å². The molecule has 0 unspecified atom stereocenters. The number of methoxy groups -OCH3 is 8. The molecular weight excluding hydrogens is 1010 g/mol. The zero-order valence-electron chi connectivity index (χ0n) is 46.7. The van der Waals surface area contributed by atoms with E-state index in [4.69, 9.17) is 56.8 Å². The molecule has 6 aromatic rings.